The van der Waals surface area contributed by atoms with Crippen LogP contribution in [0.2, 0.25) is 0 Å². The van der Waals surface area contributed by atoms with E-state index < -0.39 is 5.60 Å². The van der Waals surface area contributed by atoms with Gasteiger partial charge in [-0.3, -0.25) is 4.79 Å². The Hall–Kier alpha value is -2.13. The van der Waals surface area contributed by atoms with Gasteiger partial charge < -0.3 is 10.4 Å². The summed E-state index contributed by atoms with van der Waals surface area (Å²) >= 11 is 0. The van der Waals surface area contributed by atoms with Crippen molar-refractivity contribution in [2.45, 2.75) is 32.3 Å². The van der Waals surface area contributed by atoms with Crippen LogP contribution in [0.5, 0.6) is 0 Å². The van der Waals surface area contributed by atoms with E-state index in [-0.39, 0.29) is 12.5 Å². The minimum absolute atomic E-state index is 0.120. The number of rotatable bonds is 3. The average molecular weight is 295 g/mol. The van der Waals surface area contributed by atoms with Crippen molar-refractivity contribution in [1.29, 1.82) is 0 Å². The van der Waals surface area contributed by atoms with Gasteiger partial charge in [0, 0.05) is 24.9 Å². The molecule has 22 heavy (non-hydrogen) atoms. The van der Waals surface area contributed by atoms with E-state index >= 15 is 0 Å². The van der Waals surface area contributed by atoms with Crippen LogP contribution in [-0.2, 0) is 12.8 Å². The van der Waals surface area contributed by atoms with Gasteiger partial charge in [-0.2, -0.15) is 0 Å². The minimum Gasteiger partial charge on any atom is -0.387 e. The maximum absolute atomic E-state index is 12.4. The van der Waals surface area contributed by atoms with E-state index in [4.69, 9.17) is 0 Å². The quantitative estimate of drug-likeness (QED) is 0.914. The summed E-state index contributed by atoms with van der Waals surface area (Å²) in [4.78, 5) is 12.4. The second-order valence-electron chi connectivity index (χ2n) is 6.35. The number of fused-ring (bicyclic) bond motifs is 1. The third-order valence-electron chi connectivity index (χ3n) is 4.37. The van der Waals surface area contributed by atoms with E-state index in [1.165, 1.54) is 11.1 Å². The first kappa shape index (κ1) is 14.8. The normalized spacial score (nSPS) is 15.4. The summed E-state index contributed by atoms with van der Waals surface area (Å²) in [5.74, 6) is -0.120. The summed E-state index contributed by atoms with van der Waals surface area (Å²) in [6.45, 7) is 4.17. The van der Waals surface area contributed by atoms with Crippen molar-refractivity contribution < 1.29 is 9.90 Å². The van der Waals surface area contributed by atoms with Gasteiger partial charge >= 0.3 is 0 Å². The number of benzene rings is 2. The summed E-state index contributed by atoms with van der Waals surface area (Å²) in [5, 5.41) is 13.6. The molecule has 0 aromatic heterocycles. The van der Waals surface area contributed by atoms with Crippen molar-refractivity contribution in [1.82, 2.24) is 5.32 Å². The molecule has 0 saturated heterocycles. The van der Waals surface area contributed by atoms with Gasteiger partial charge in [0.1, 0.15) is 0 Å². The van der Waals surface area contributed by atoms with E-state index in [1.807, 2.05) is 56.3 Å². The number of hydrogen-bond acceptors (Lipinski definition) is 2. The zero-order valence-corrected chi connectivity index (χ0v) is 13.0. The molecule has 1 aliphatic carbocycles. The summed E-state index contributed by atoms with van der Waals surface area (Å²) in [6, 6.07) is 13.9. The van der Waals surface area contributed by atoms with Crippen molar-refractivity contribution in [3.8, 4) is 0 Å². The molecule has 0 radical (unpaired) electrons. The highest BCUT2D eigenvalue weighted by Crippen LogP contribution is 2.29. The van der Waals surface area contributed by atoms with E-state index in [1.54, 1.807) is 0 Å². The zero-order chi connectivity index (χ0) is 15.7. The highest BCUT2D eigenvalue weighted by atomic mass is 16.3. The van der Waals surface area contributed by atoms with Crippen molar-refractivity contribution in [2.24, 2.45) is 0 Å². The second-order valence-corrected chi connectivity index (χ2v) is 6.35. The third kappa shape index (κ3) is 2.90. The lowest BCUT2D eigenvalue weighted by molar-refractivity contribution is 0.0479. The minimum atomic E-state index is -0.878. The predicted molar refractivity (Wildman–Crippen MR) is 87.0 cm³/mol. The molecule has 0 fully saturated rings. The maximum atomic E-state index is 12.4. The van der Waals surface area contributed by atoms with Gasteiger partial charge in [-0.25, -0.2) is 0 Å². The van der Waals surface area contributed by atoms with E-state index in [9.17, 15) is 9.90 Å². The van der Waals surface area contributed by atoms with E-state index in [0.717, 1.165) is 11.1 Å². The Morgan fingerprint density at radius 3 is 2.41 bits per heavy atom. The molecule has 1 amide bonds. The van der Waals surface area contributed by atoms with E-state index in [2.05, 4.69) is 5.32 Å². The van der Waals surface area contributed by atoms with Crippen molar-refractivity contribution in [3.05, 3.63) is 70.3 Å². The molecule has 3 heteroatoms. The lowest BCUT2D eigenvalue weighted by Gasteiger charge is -2.23. The van der Waals surface area contributed by atoms with Crippen LogP contribution in [0.4, 0.5) is 0 Å². The Balaban J connectivity index is 1.68. The third-order valence-corrected chi connectivity index (χ3v) is 4.37. The SMILES string of the molecule is Cc1ccc(C)c(C(=O)NCC2(O)Cc3ccccc3C2)c1. The maximum Gasteiger partial charge on any atom is 0.251 e. The molecule has 0 atom stereocenters. The Morgan fingerprint density at radius 1 is 1.14 bits per heavy atom. The van der Waals surface area contributed by atoms with Crippen LogP contribution in [0.15, 0.2) is 42.5 Å². The number of aliphatic hydroxyl groups is 1. The van der Waals surface area contributed by atoms with Crippen LogP contribution in [0.3, 0.4) is 0 Å². The predicted octanol–water partition coefficient (Wildman–Crippen LogP) is 2.56. The zero-order valence-electron chi connectivity index (χ0n) is 13.0. The largest absolute Gasteiger partial charge is 0.387 e. The number of carbonyl (C=O) groups excluding carboxylic acids is 1. The van der Waals surface area contributed by atoms with Crippen LogP contribution >= 0.6 is 0 Å². The molecule has 114 valence electrons. The number of hydrogen-bond donors (Lipinski definition) is 2. The number of amides is 1. The van der Waals surface area contributed by atoms with E-state index in [0.29, 0.717) is 18.4 Å². The molecule has 0 spiro atoms. The fourth-order valence-corrected chi connectivity index (χ4v) is 3.12. The standard InChI is InChI=1S/C19H21NO2/c1-13-7-8-14(2)17(9-13)18(21)20-12-19(22)10-15-5-3-4-6-16(15)11-19/h3-9,22H,10-12H2,1-2H3,(H,20,21). The van der Waals surface area contributed by atoms with Crippen LogP contribution in [0, 0.1) is 13.8 Å². The topological polar surface area (TPSA) is 49.3 Å². The first-order valence-electron chi connectivity index (χ1n) is 7.61. The van der Waals surface area contributed by atoms with Crippen molar-refractivity contribution in [3.63, 3.8) is 0 Å². The summed E-state index contributed by atoms with van der Waals surface area (Å²) in [6.07, 6.45) is 1.19. The number of carbonyl (C=O) groups is 1. The smallest absolute Gasteiger partial charge is 0.251 e. The summed E-state index contributed by atoms with van der Waals surface area (Å²) in [5.41, 5.74) is 4.15. The summed E-state index contributed by atoms with van der Waals surface area (Å²) in [7, 11) is 0. The molecule has 2 aromatic rings. The number of aryl methyl sites for hydroxylation is 2. The molecule has 3 nitrogen and oxygen atoms in total. The lowest BCUT2D eigenvalue weighted by Crippen LogP contribution is -2.43. The molecular formula is C19H21NO2. The lowest BCUT2D eigenvalue weighted by atomic mass is 9.99. The van der Waals surface area contributed by atoms with Gasteiger partial charge in [0.25, 0.3) is 5.91 Å². The number of nitrogens with one attached hydrogen (secondary N) is 1. The summed E-state index contributed by atoms with van der Waals surface area (Å²) < 4.78 is 0. The van der Waals surface area contributed by atoms with Crippen LogP contribution in [0.25, 0.3) is 0 Å². The Bertz CT molecular complexity index is 696. The molecule has 0 heterocycles. The Labute approximate surface area is 131 Å². The van der Waals surface area contributed by atoms with Crippen LogP contribution in [-0.4, -0.2) is 23.2 Å². The van der Waals surface area contributed by atoms with Gasteiger partial charge in [-0.1, -0.05) is 42.0 Å². The highest BCUT2D eigenvalue weighted by Gasteiger charge is 2.35. The Morgan fingerprint density at radius 2 is 1.77 bits per heavy atom. The fourth-order valence-electron chi connectivity index (χ4n) is 3.12. The monoisotopic (exact) mass is 295 g/mol. The van der Waals surface area contributed by atoms with Gasteiger partial charge in [0.15, 0.2) is 0 Å². The molecular weight excluding hydrogens is 274 g/mol. The fraction of sp³-hybridized carbons (Fsp3) is 0.316. The van der Waals surface area contributed by atoms with Crippen molar-refractivity contribution >= 4 is 5.91 Å². The molecule has 2 N–H and O–H groups in total. The van der Waals surface area contributed by atoms with Gasteiger partial charge in [0.2, 0.25) is 0 Å². The van der Waals surface area contributed by atoms with Crippen LogP contribution in [0.1, 0.15) is 32.6 Å². The first-order chi connectivity index (χ1) is 10.5. The second kappa shape index (κ2) is 5.58. The molecule has 0 aliphatic heterocycles. The average Bonchev–Trinajstić information content (AvgIpc) is 2.84. The van der Waals surface area contributed by atoms with Gasteiger partial charge in [-0.15, -0.1) is 0 Å². The molecule has 0 saturated carbocycles. The van der Waals surface area contributed by atoms with Gasteiger partial charge in [-0.05, 0) is 36.6 Å². The molecule has 0 bridgehead atoms. The first-order valence-corrected chi connectivity index (χ1v) is 7.61. The molecule has 1 aliphatic rings. The molecule has 0 unspecified atom stereocenters. The molecule has 2 aromatic carbocycles. The Kier molecular flexibility index (Phi) is 3.75. The van der Waals surface area contributed by atoms with Gasteiger partial charge in [0.05, 0.1) is 5.60 Å². The molecule has 3 rings (SSSR count). The highest BCUT2D eigenvalue weighted by molar-refractivity contribution is 5.95. The van der Waals surface area contributed by atoms with Crippen LogP contribution < -0.4 is 5.32 Å². The van der Waals surface area contributed by atoms with Crippen molar-refractivity contribution in [2.75, 3.05) is 6.54 Å².